The first-order chi connectivity index (χ1) is 6.27. The van der Waals surface area contributed by atoms with E-state index >= 15 is 0 Å². The quantitative estimate of drug-likeness (QED) is 0.676. The summed E-state index contributed by atoms with van der Waals surface area (Å²) < 4.78 is 13.2. The molecule has 0 aliphatic heterocycles. The lowest BCUT2D eigenvalue weighted by Crippen LogP contribution is -1.82. The molecular weight excluding hydrogens is 185 g/mol. The van der Waals surface area contributed by atoms with Crippen molar-refractivity contribution in [1.29, 1.82) is 0 Å². The average molecular weight is 192 g/mol. The number of thiazole rings is 1. The summed E-state index contributed by atoms with van der Waals surface area (Å²) in [6.07, 6.45) is 0. The second-order valence-corrected chi connectivity index (χ2v) is 3.48. The number of halogens is 1. The van der Waals surface area contributed by atoms with Gasteiger partial charge in [0.05, 0.1) is 11.1 Å². The van der Waals surface area contributed by atoms with Gasteiger partial charge in [-0.15, -0.1) is 11.3 Å². The fraction of sp³-hybridized carbons (Fsp3) is 0.100. The first-order valence-corrected chi connectivity index (χ1v) is 4.69. The number of hydrogen-bond donors (Lipinski definition) is 0. The van der Waals surface area contributed by atoms with E-state index in [9.17, 15) is 4.39 Å². The summed E-state index contributed by atoms with van der Waals surface area (Å²) in [5, 5.41) is 3.65. The zero-order valence-corrected chi connectivity index (χ0v) is 7.86. The first-order valence-electron chi connectivity index (χ1n) is 3.87. The van der Waals surface area contributed by atoms with Crippen LogP contribution in [-0.2, 0) is 0 Å². The zero-order valence-electron chi connectivity index (χ0n) is 7.04. The van der Waals surface area contributed by atoms with E-state index in [0.29, 0.717) is 10.6 Å². The Morgan fingerprint density at radius 2 is 2.15 bits per heavy atom. The standard InChI is InChI=1S/C10H7FNS/c1-7-6-13-10(12-7)8-4-2-3-5-9(8)11/h2-5H,1H3. The number of hydrogen-bond acceptors (Lipinski definition) is 2. The molecule has 1 nitrogen and oxygen atoms in total. The van der Waals surface area contributed by atoms with Crippen LogP contribution in [0.3, 0.4) is 0 Å². The number of nitrogens with zero attached hydrogens (tertiary/aromatic N) is 1. The summed E-state index contributed by atoms with van der Waals surface area (Å²) in [7, 11) is 0. The second-order valence-electron chi connectivity index (χ2n) is 2.69. The van der Waals surface area contributed by atoms with E-state index in [-0.39, 0.29) is 5.82 Å². The van der Waals surface area contributed by atoms with Crippen LogP contribution in [-0.4, -0.2) is 4.98 Å². The minimum absolute atomic E-state index is 0.231. The summed E-state index contributed by atoms with van der Waals surface area (Å²) in [5.41, 5.74) is 1.36. The van der Waals surface area contributed by atoms with E-state index in [1.165, 1.54) is 17.4 Å². The van der Waals surface area contributed by atoms with Crippen LogP contribution >= 0.6 is 11.3 Å². The lowest BCUT2D eigenvalue weighted by Gasteiger charge is -1.96. The maximum Gasteiger partial charge on any atom is 0.133 e. The molecule has 0 aliphatic carbocycles. The largest absolute Gasteiger partial charge is 0.241 e. The van der Waals surface area contributed by atoms with Crippen molar-refractivity contribution in [3.8, 4) is 10.6 Å². The Labute approximate surface area is 79.9 Å². The van der Waals surface area contributed by atoms with Crippen molar-refractivity contribution < 1.29 is 4.39 Å². The topological polar surface area (TPSA) is 12.9 Å². The van der Waals surface area contributed by atoms with Crippen LogP contribution in [0.15, 0.2) is 24.3 Å². The van der Waals surface area contributed by atoms with Gasteiger partial charge in [0.15, 0.2) is 0 Å². The molecule has 2 rings (SSSR count). The van der Waals surface area contributed by atoms with Crippen LogP contribution in [0.1, 0.15) is 5.69 Å². The minimum Gasteiger partial charge on any atom is -0.241 e. The van der Waals surface area contributed by atoms with Crippen molar-refractivity contribution in [3.63, 3.8) is 0 Å². The highest BCUT2D eigenvalue weighted by Gasteiger charge is 2.06. The Morgan fingerprint density at radius 1 is 1.38 bits per heavy atom. The molecule has 0 saturated carbocycles. The van der Waals surface area contributed by atoms with Gasteiger partial charge >= 0.3 is 0 Å². The number of benzene rings is 1. The number of rotatable bonds is 1. The molecule has 1 aromatic carbocycles. The van der Waals surface area contributed by atoms with Gasteiger partial charge in [0, 0.05) is 5.56 Å². The zero-order chi connectivity index (χ0) is 9.26. The molecule has 13 heavy (non-hydrogen) atoms. The van der Waals surface area contributed by atoms with Gasteiger partial charge in [0.1, 0.15) is 10.8 Å². The van der Waals surface area contributed by atoms with Gasteiger partial charge in [-0.2, -0.15) is 0 Å². The summed E-state index contributed by atoms with van der Waals surface area (Å²) in [4.78, 5) is 4.16. The predicted octanol–water partition coefficient (Wildman–Crippen LogP) is 3.06. The number of aromatic nitrogens is 1. The van der Waals surface area contributed by atoms with Gasteiger partial charge in [-0.25, -0.2) is 9.37 Å². The van der Waals surface area contributed by atoms with E-state index < -0.39 is 0 Å². The van der Waals surface area contributed by atoms with Crippen molar-refractivity contribution in [2.75, 3.05) is 0 Å². The second kappa shape index (κ2) is 3.26. The van der Waals surface area contributed by atoms with Crippen LogP contribution < -0.4 is 0 Å². The third-order valence-corrected chi connectivity index (χ3v) is 2.57. The molecule has 1 aromatic heterocycles. The molecule has 1 radical (unpaired) electrons. The average Bonchev–Trinajstić information content (AvgIpc) is 2.53. The monoisotopic (exact) mass is 192 g/mol. The summed E-state index contributed by atoms with van der Waals surface area (Å²) in [6, 6.07) is 6.63. The molecule has 2 aromatic rings. The molecule has 0 saturated heterocycles. The van der Waals surface area contributed by atoms with E-state index in [2.05, 4.69) is 10.4 Å². The molecular formula is C10H7FNS. The van der Waals surface area contributed by atoms with E-state index in [1.807, 2.05) is 6.92 Å². The SMILES string of the molecule is Cc1[c]sc(-c2ccccc2F)n1. The van der Waals surface area contributed by atoms with Gasteiger partial charge in [-0.3, -0.25) is 0 Å². The van der Waals surface area contributed by atoms with Gasteiger partial charge in [0.25, 0.3) is 0 Å². The number of aryl methyl sites for hydroxylation is 1. The molecule has 0 amide bonds. The van der Waals surface area contributed by atoms with E-state index in [4.69, 9.17) is 0 Å². The lowest BCUT2D eigenvalue weighted by molar-refractivity contribution is 0.631. The Kier molecular flexibility index (Phi) is 2.10. The maximum atomic E-state index is 13.2. The fourth-order valence-electron chi connectivity index (χ4n) is 1.07. The van der Waals surface area contributed by atoms with Crippen LogP contribution in [0, 0.1) is 18.1 Å². The molecule has 3 heteroatoms. The van der Waals surface area contributed by atoms with Crippen molar-refractivity contribution in [2.24, 2.45) is 0 Å². The normalized spacial score (nSPS) is 10.3. The third kappa shape index (κ3) is 1.60. The van der Waals surface area contributed by atoms with Crippen molar-refractivity contribution in [1.82, 2.24) is 4.98 Å². The van der Waals surface area contributed by atoms with Crippen LogP contribution in [0.5, 0.6) is 0 Å². The minimum atomic E-state index is -0.231. The Hall–Kier alpha value is -1.22. The highest BCUT2D eigenvalue weighted by atomic mass is 32.1. The smallest absolute Gasteiger partial charge is 0.133 e. The molecule has 0 bridgehead atoms. The van der Waals surface area contributed by atoms with Crippen LogP contribution in [0.4, 0.5) is 4.39 Å². The molecule has 65 valence electrons. The molecule has 0 N–H and O–H groups in total. The Morgan fingerprint density at radius 3 is 2.77 bits per heavy atom. The lowest BCUT2D eigenvalue weighted by atomic mass is 10.2. The molecule has 0 unspecified atom stereocenters. The molecule has 0 atom stereocenters. The molecule has 0 fully saturated rings. The third-order valence-electron chi connectivity index (χ3n) is 1.67. The van der Waals surface area contributed by atoms with Gasteiger partial charge in [-0.05, 0) is 19.1 Å². The van der Waals surface area contributed by atoms with E-state index in [0.717, 1.165) is 5.69 Å². The first kappa shape index (κ1) is 8.38. The van der Waals surface area contributed by atoms with Gasteiger partial charge in [0.2, 0.25) is 0 Å². The maximum absolute atomic E-state index is 13.2. The van der Waals surface area contributed by atoms with Crippen LogP contribution in [0.2, 0.25) is 0 Å². The van der Waals surface area contributed by atoms with Gasteiger partial charge < -0.3 is 0 Å². The highest BCUT2D eigenvalue weighted by Crippen LogP contribution is 2.25. The summed E-state index contributed by atoms with van der Waals surface area (Å²) in [5.74, 6) is -0.231. The molecule has 1 heterocycles. The fourth-order valence-corrected chi connectivity index (χ4v) is 1.82. The highest BCUT2D eigenvalue weighted by molar-refractivity contribution is 7.12. The van der Waals surface area contributed by atoms with Crippen molar-refractivity contribution >= 4 is 11.3 Å². The van der Waals surface area contributed by atoms with Gasteiger partial charge in [-0.1, -0.05) is 12.1 Å². The van der Waals surface area contributed by atoms with Crippen molar-refractivity contribution in [2.45, 2.75) is 6.92 Å². The van der Waals surface area contributed by atoms with Crippen LogP contribution in [0.25, 0.3) is 10.6 Å². The van der Waals surface area contributed by atoms with E-state index in [1.54, 1.807) is 18.2 Å². The Bertz CT molecular complexity index is 422. The predicted molar refractivity (Wildman–Crippen MR) is 51.1 cm³/mol. The molecule has 0 aliphatic rings. The summed E-state index contributed by atoms with van der Waals surface area (Å²) >= 11 is 1.34. The molecule has 0 spiro atoms. The summed E-state index contributed by atoms with van der Waals surface area (Å²) in [6.45, 7) is 1.85. The van der Waals surface area contributed by atoms with Crippen molar-refractivity contribution in [3.05, 3.63) is 41.2 Å². The Balaban J connectivity index is 2.52.